The third-order valence-electron chi connectivity index (χ3n) is 4.29. The first-order chi connectivity index (χ1) is 10.2. The molecule has 2 unspecified atom stereocenters. The summed E-state index contributed by atoms with van der Waals surface area (Å²) < 4.78 is 5.83. The Morgan fingerprint density at radius 3 is 3.00 bits per heavy atom. The molecule has 21 heavy (non-hydrogen) atoms. The lowest BCUT2D eigenvalue weighted by Gasteiger charge is -2.43. The number of hydrogen-bond donors (Lipinski definition) is 1. The average Bonchev–Trinajstić information content (AvgIpc) is 2.53. The zero-order chi connectivity index (χ0) is 14.8. The Labute approximate surface area is 124 Å². The van der Waals surface area contributed by atoms with Crippen molar-refractivity contribution < 1.29 is 9.53 Å². The van der Waals surface area contributed by atoms with Gasteiger partial charge in [0.05, 0.1) is 18.8 Å². The number of aryl methyl sites for hydroxylation is 1. The molecule has 3 rings (SSSR count). The SMILES string of the molecule is CNc1nc(C)cc(C(=O)N2CCOC3CCCCC32)n1. The first-order valence-electron chi connectivity index (χ1n) is 7.65. The number of aromatic nitrogens is 2. The maximum atomic E-state index is 12.8. The van der Waals surface area contributed by atoms with Gasteiger partial charge in [-0.1, -0.05) is 12.8 Å². The Balaban J connectivity index is 1.85. The summed E-state index contributed by atoms with van der Waals surface area (Å²) in [6, 6.07) is 1.96. The molecule has 0 radical (unpaired) electrons. The number of anilines is 1. The third-order valence-corrected chi connectivity index (χ3v) is 4.29. The van der Waals surface area contributed by atoms with E-state index in [0.29, 0.717) is 24.8 Å². The fourth-order valence-electron chi connectivity index (χ4n) is 3.29. The molecule has 2 aliphatic rings. The lowest BCUT2D eigenvalue weighted by Crippen LogP contribution is -2.55. The monoisotopic (exact) mass is 290 g/mol. The number of carbonyl (C=O) groups is 1. The molecule has 1 saturated carbocycles. The van der Waals surface area contributed by atoms with Gasteiger partial charge in [-0.3, -0.25) is 4.79 Å². The van der Waals surface area contributed by atoms with Gasteiger partial charge in [0.15, 0.2) is 0 Å². The van der Waals surface area contributed by atoms with Gasteiger partial charge in [-0.15, -0.1) is 0 Å². The van der Waals surface area contributed by atoms with E-state index in [9.17, 15) is 4.79 Å². The number of nitrogens with zero attached hydrogens (tertiary/aromatic N) is 3. The molecule has 2 heterocycles. The van der Waals surface area contributed by atoms with Crippen molar-refractivity contribution in [3.63, 3.8) is 0 Å². The number of carbonyl (C=O) groups excluding carboxylic acids is 1. The third kappa shape index (κ3) is 2.85. The fraction of sp³-hybridized carbons (Fsp3) is 0.667. The van der Waals surface area contributed by atoms with Crippen LogP contribution in [0.5, 0.6) is 0 Å². The van der Waals surface area contributed by atoms with E-state index in [4.69, 9.17) is 4.74 Å². The molecule has 1 N–H and O–H groups in total. The number of fused-ring (bicyclic) bond motifs is 1. The second-order valence-corrected chi connectivity index (χ2v) is 5.73. The van der Waals surface area contributed by atoms with E-state index in [1.54, 1.807) is 13.1 Å². The highest BCUT2D eigenvalue weighted by Gasteiger charge is 2.37. The molecule has 1 amide bonds. The number of amides is 1. The van der Waals surface area contributed by atoms with Crippen LogP contribution < -0.4 is 5.32 Å². The largest absolute Gasteiger partial charge is 0.374 e. The minimum atomic E-state index is -0.00259. The molecule has 6 heteroatoms. The topological polar surface area (TPSA) is 67.4 Å². The normalized spacial score (nSPS) is 25.3. The number of rotatable bonds is 2. The van der Waals surface area contributed by atoms with Gasteiger partial charge in [0, 0.05) is 19.3 Å². The molecule has 2 fully saturated rings. The van der Waals surface area contributed by atoms with Crippen molar-refractivity contribution in [3.8, 4) is 0 Å². The van der Waals surface area contributed by atoms with E-state index in [1.807, 2.05) is 11.8 Å². The van der Waals surface area contributed by atoms with Gasteiger partial charge in [0.25, 0.3) is 5.91 Å². The first-order valence-corrected chi connectivity index (χ1v) is 7.65. The standard InChI is InChI=1S/C15H22N4O2/c1-10-9-11(18-15(16-2)17-10)14(20)19-7-8-21-13-6-4-3-5-12(13)19/h9,12-13H,3-8H2,1-2H3,(H,16,17,18). The molecule has 6 nitrogen and oxygen atoms in total. The maximum absolute atomic E-state index is 12.8. The van der Waals surface area contributed by atoms with Crippen molar-refractivity contribution in [2.75, 3.05) is 25.5 Å². The molecule has 1 saturated heterocycles. The zero-order valence-electron chi connectivity index (χ0n) is 12.6. The molecule has 1 aliphatic carbocycles. The average molecular weight is 290 g/mol. The second kappa shape index (κ2) is 5.97. The number of ether oxygens (including phenoxy) is 1. The molecular formula is C15H22N4O2. The lowest BCUT2D eigenvalue weighted by atomic mass is 9.90. The molecule has 114 valence electrons. The van der Waals surface area contributed by atoms with Crippen LogP contribution in [-0.4, -0.2) is 53.1 Å². The summed E-state index contributed by atoms with van der Waals surface area (Å²) in [4.78, 5) is 23.3. The fourth-order valence-corrected chi connectivity index (χ4v) is 3.29. The zero-order valence-corrected chi connectivity index (χ0v) is 12.6. The van der Waals surface area contributed by atoms with Gasteiger partial charge < -0.3 is 15.0 Å². The van der Waals surface area contributed by atoms with Crippen LogP contribution in [-0.2, 0) is 4.74 Å². The first kappa shape index (κ1) is 14.3. The molecule has 1 aromatic rings. The van der Waals surface area contributed by atoms with Gasteiger partial charge >= 0.3 is 0 Å². The van der Waals surface area contributed by atoms with Crippen molar-refractivity contribution in [2.45, 2.75) is 44.8 Å². The second-order valence-electron chi connectivity index (χ2n) is 5.73. The van der Waals surface area contributed by atoms with Crippen LogP contribution in [0.25, 0.3) is 0 Å². The van der Waals surface area contributed by atoms with E-state index in [0.717, 1.165) is 18.5 Å². The highest BCUT2D eigenvalue weighted by molar-refractivity contribution is 5.93. The Bertz CT molecular complexity index is 532. The van der Waals surface area contributed by atoms with Crippen LogP contribution in [0.2, 0.25) is 0 Å². The van der Waals surface area contributed by atoms with E-state index >= 15 is 0 Å². The van der Waals surface area contributed by atoms with E-state index < -0.39 is 0 Å². The van der Waals surface area contributed by atoms with Crippen molar-refractivity contribution in [3.05, 3.63) is 17.5 Å². The van der Waals surface area contributed by atoms with Crippen LogP contribution in [0.3, 0.4) is 0 Å². The Kier molecular flexibility index (Phi) is 4.05. The van der Waals surface area contributed by atoms with Gasteiger partial charge in [0.1, 0.15) is 5.69 Å². The van der Waals surface area contributed by atoms with Gasteiger partial charge in [-0.25, -0.2) is 9.97 Å². The summed E-state index contributed by atoms with van der Waals surface area (Å²) in [5, 5.41) is 2.90. The summed E-state index contributed by atoms with van der Waals surface area (Å²) in [5.41, 5.74) is 1.27. The summed E-state index contributed by atoms with van der Waals surface area (Å²) in [7, 11) is 1.76. The van der Waals surface area contributed by atoms with Crippen molar-refractivity contribution in [1.82, 2.24) is 14.9 Å². The Morgan fingerprint density at radius 2 is 2.19 bits per heavy atom. The van der Waals surface area contributed by atoms with Crippen LogP contribution in [0.1, 0.15) is 41.9 Å². The molecule has 0 spiro atoms. The quantitative estimate of drug-likeness (QED) is 0.896. The highest BCUT2D eigenvalue weighted by atomic mass is 16.5. The van der Waals surface area contributed by atoms with Crippen LogP contribution in [0.4, 0.5) is 5.95 Å². The summed E-state index contributed by atoms with van der Waals surface area (Å²) in [6.07, 6.45) is 4.64. The minimum Gasteiger partial charge on any atom is -0.374 e. The molecule has 0 aromatic carbocycles. The van der Waals surface area contributed by atoms with Gasteiger partial charge in [-0.05, 0) is 25.8 Å². The summed E-state index contributed by atoms with van der Waals surface area (Å²) in [5.74, 6) is 0.490. The number of morpholine rings is 1. The molecule has 1 aliphatic heterocycles. The maximum Gasteiger partial charge on any atom is 0.273 e. The smallest absolute Gasteiger partial charge is 0.273 e. The predicted octanol–water partition coefficient (Wildman–Crippen LogP) is 1.61. The molecule has 0 bridgehead atoms. The van der Waals surface area contributed by atoms with Crippen LogP contribution in [0.15, 0.2) is 6.07 Å². The van der Waals surface area contributed by atoms with Crippen LogP contribution >= 0.6 is 0 Å². The highest BCUT2D eigenvalue weighted by Crippen LogP contribution is 2.29. The van der Waals surface area contributed by atoms with Gasteiger partial charge in [-0.2, -0.15) is 0 Å². The minimum absolute atomic E-state index is 0.00259. The summed E-state index contributed by atoms with van der Waals surface area (Å²) in [6.45, 7) is 3.15. The van der Waals surface area contributed by atoms with Crippen molar-refractivity contribution in [1.29, 1.82) is 0 Å². The number of nitrogens with one attached hydrogen (secondary N) is 1. The van der Waals surface area contributed by atoms with Crippen LogP contribution in [0, 0.1) is 6.92 Å². The molecule has 1 aromatic heterocycles. The van der Waals surface area contributed by atoms with Gasteiger partial charge in [0.2, 0.25) is 5.95 Å². The van der Waals surface area contributed by atoms with E-state index in [1.165, 1.54) is 12.8 Å². The lowest BCUT2D eigenvalue weighted by molar-refractivity contribution is -0.0754. The van der Waals surface area contributed by atoms with Crippen molar-refractivity contribution >= 4 is 11.9 Å². The summed E-state index contributed by atoms with van der Waals surface area (Å²) >= 11 is 0. The predicted molar refractivity (Wildman–Crippen MR) is 79.3 cm³/mol. The van der Waals surface area contributed by atoms with Crippen molar-refractivity contribution in [2.24, 2.45) is 0 Å². The Morgan fingerprint density at radius 1 is 1.38 bits per heavy atom. The Hall–Kier alpha value is -1.69. The number of hydrogen-bond acceptors (Lipinski definition) is 5. The molecular weight excluding hydrogens is 268 g/mol. The van der Waals surface area contributed by atoms with E-state index in [2.05, 4.69) is 15.3 Å². The van der Waals surface area contributed by atoms with E-state index in [-0.39, 0.29) is 18.1 Å². The molecule has 2 atom stereocenters.